The summed E-state index contributed by atoms with van der Waals surface area (Å²) >= 11 is 0. The lowest BCUT2D eigenvalue weighted by molar-refractivity contribution is -0.136. The predicted molar refractivity (Wildman–Crippen MR) is 91.7 cm³/mol. The van der Waals surface area contributed by atoms with Gasteiger partial charge in [-0.3, -0.25) is 4.79 Å². The van der Waals surface area contributed by atoms with Crippen LogP contribution in [0.4, 0.5) is 5.69 Å². The van der Waals surface area contributed by atoms with Crippen LogP contribution < -0.4 is 5.32 Å². The molecule has 25 heavy (non-hydrogen) atoms. The van der Waals surface area contributed by atoms with Crippen molar-refractivity contribution >= 4 is 28.6 Å². The molecule has 0 atom stereocenters. The molecular weight excluding hydrogens is 324 g/mol. The number of hydrogen-bond acceptors (Lipinski definition) is 6. The minimum Gasteiger partial charge on any atom is -0.466 e. The first-order chi connectivity index (χ1) is 12.1. The maximum atomic E-state index is 12.5. The molecule has 0 bridgehead atoms. The number of anilines is 1. The van der Waals surface area contributed by atoms with Crippen molar-refractivity contribution in [2.45, 2.75) is 13.5 Å². The number of aliphatic hydroxyl groups is 1. The second-order valence-electron chi connectivity index (χ2n) is 5.65. The highest BCUT2D eigenvalue weighted by molar-refractivity contribution is 6.08. The van der Waals surface area contributed by atoms with Gasteiger partial charge in [0.05, 0.1) is 43.2 Å². The fourth-order valence-electron chi connectivity index (χ4n) is 2.89. The number of nitrogens with one attached hydrogen (secondary N) is 1. The van der Waals surface area contributed by atoms with E-state index in [0.29, 0.717) is 5.69 Å². The summed E-state index contributed by atoms with van der Waals surface area (Å²) < 4.78 is 6.79. The molecule has 132 valence electrons. The van der Waals surface area contributed by atoms with Crippen molar-refractivity contribution in [1.29, 1.82) is 0 Å². The van der Waals surface area contributed by atoms with Crippen LogP contribution in [-0.2, 0) is 20.9 Å². The molecule has 2 heterocycles. The van der Waals surface area contributed by atoms with E-state index < -0.39 is 5.97 Å². The summed E-state index contributed by atoms with van der Waals surface area (Å²) in [6.07, 6.45) is 1.76. The van der Waals surface area contributed by atoms with E-state index in [4.69, 9.17) is 9.84 Å². The van der Waals surface area contributed by atoms with Gasteiger partial charge in [-0.25, -0.2) is 9.78 Å². The normalized spacial score (nSPS) is 14.5. The summed E-state index contributed by atoms with van der Waals surface area (Å²) in [5.74, 6) is -0.902. The monoisotopic (exact) mass is 344 g/mol. The Morgan fingerprint density at radius 1 is 1.44 bits per heavy atom. The fourth-order valence-corrected chi connectivity index (χ4v) is 2.89. The van der Waals surface area contributed by atoms with Crippen LogP contribution in [0.5, 0.6) is 0 Å². The molecule has 1 aromatic heterocycles. The van der Waals surface area contributed by atoms with Crippen molar-refractivity contribution in [3.8, 4) is 0 Å². The summed E-state index contributed by atoms with van der Waals surface area (Å²) in [5.41, 5.74) is 2.87. The Balaban J connectivity index is 1.92. The van der Waals surface area contributed by atoms with Gasteiger partial charge in [0.1, 0.15) is 5.70 Å². The van der Waals surface area contributed by atoms with E-state index in [-0.39, 0.29) is 36.9 Å². The number of rotatable bonds is 6. The van der Waals surface area contributed by atoms with Crippen molar-refractivity contribution in [3.05, 3.63) is 35.8 Å². The van der Waals surface area contributed by atoms with Crippen LogP contribution in [0.15, 0.2) is 35.8 Å². The smallest absolute Gasteiger partial charge is 0.337 e. The average molecular weight is 344 g/mol. The third-order valence-corrected chi connectivity index (χ3v) is 4.18. The molecule has 1 aliphatic rings. The highest BCUT2D eigenvalue weighted by atomic mass is 16.5. The number of aromatic nitrogens is 2. The number of methoxy groups -OCH3 is 1. The minimum absolute atomic E-state index is 0.112. The van der Waals surface area contributed by atoms with Crippen molar-refractivity contribution in [1.82, 2.24) is 14.5 Å². The molecule has 1 aromatic carbocycles. The highest BCUT2D eigenvalue weighted by Gasteiger charge is 2.34. The van der Waals surface area contributed by atoms with Gasteiger partial charge in [-0.15, -0.1) is 0 Å². The van der Waals surface area contributed by atoms with Crippen molar-refractivity contribution < 1.29 is 19.4 Å². The largest absolute Gasteiger partial charge is 0.466 e. The van der Waals surface area contributed by atoms with Gasteiger partial charge >= 0.3 is 5.97 Å². The van der Waals surface area contributed by atoms with Gasteiger partial charge in [0, 0.05) is 18.8 Å². The van der Waals surface area contributed by atoms with Gasteiger partial charge in [0.2, 0.25) is 0 Å². The first-order valence-corrected chi connectivity index (χ1v) is 8.02. The number of nitrogens with zero attached hydrogens (tertiary/aromatic N) is 3. The molecule has 0 aliphatic carbocycles. The van der Waals surface area contributed by atoms with Gasteiger partial charge in [-0.2, -0.15) is 0 Å². The van der Waals surface area contributed by atoms with E-state index in [2.05, 4.69) is 10.3 Å². The number of benzene rings is 1. The van der Waals surface area contributed by atoms with E-state index in [1.165, 1.54) is 12.0 Å². The minimum atomic E-state index is -0.562. The summed E-state index contributed by atoms with van der Waals surface area (Å²) in [5, 5.41) is 12.1. The number of carbonyl (C=O) groups excluding carboxylic acids is 2. The van der Waals surface area contributed by atoms with Crippen LogP contribution in [0.1, 0.15) is 6.92 Å². The first kappa shape index (κ1) is 17.0. The van der Waals surface area contributed by atoms with E-state index >= 15 is 0 Å². The summed E-state index contributed by atoms with van der Waals surface area (Å²) in [7, 11) is 1.27. The van der Waals surface area contributed by atoms with E-state index in [1.807, 2.05) is 29.7 Å². The van der Waals surface area contributed by atoms with Gasteiger partial charge in [0.25, 0.3) is 5.91 Å². The molecule has 2 aromatic rings. The van der Waals surface area contributed by atoms with Gasteiger partial charge in [-0.1, -0.05) is 0 Å². The lowest BCUT2D eigenvalue weighted by Crippen LogP contribution is -2.31. The molecule has 8 nitrogen and oxygen atoms in total. The maximum absolute atomic E-state index is 12.5. The third kappa shape index (κ3) is 3.08. The number of ether oxygens (including phenoxy) is 1. The van der Waals surface area contributed by atoms with E-state index in [9.17, 15) is 9.59 Å². The van der Waals surface area contributed by atoms with Crippen LogP contribution in [0.25, 0.3) is 11.0 Å². The Labute approximate surface area is 144 Å². The SMILES string of the molecule is CCn1cnc2cc(NC3=C(C(=O)OC)CN(CCO)C3=O)ccc21. The van der Waals surface area contributed by atoms with Crippen LogP contribution in [0.2, 0.25) is 0 Å². The lowest BCUT2D eigenvalue weighted by atomic mass is 10.2. The Morgan fingerprint density at radius 3 is 2.92 bits per heavy atom. The molecule has 8 heteroatoms. The van der Waals surface area contributed by atoms with Gasteiger partial charge in [-0.05, 0) is 25.1 Å². The van der Waals surface area contributed by atoms with Crippen molar-refractivity contribution in [2.75, 3.05) is 32.1 Å². The molecule has 3 rings (SSSR count). The lowest BCUT2D eigenvalue weighted by Gasteiger charge is -2.15. The number of fused-ring (bicyclic) bond motifs is 1. The topological polar surface area (TPSA) is 96.7 Å². The molecule has 2 N–H and O–H groups in total. The van der Waals surface area contributed by atoms with Crippen LogP contribution in [-0.4, -0.2) is 58.2 Å². The quantitative estimate of drug-likeness (QED) is 0.750. The third-order valence-electron chi connectivity index (χ3n) is 4.18. The second-order valence-corrected chi connectivity index (χ2v) is 5.65. The number of β-amino-alcohol motifs (C(OH)–C–C–N with tert-alkyl or cyclic N) is 1. The van der Waals surface area contributed by atoms with Crippen LogP contribution in [0.3, 0.4) is 0 Å². The number of aliphatic hydroxyl groups excluding tert-OH is 1. The maximum Gasteiger partial charge on any atom is 0.337 e. The Hall–Kier alpha value is -2.87. The molecule has 0 spiro atoms. The number of amides is 1. The van der Waals surface area contributed by atoms with Crippen LogP contribution >= 0.6 is 0 Å². The Morgan fingerprint density at radius 2 is 2.24 bits per heavy atom. The number of aryl methyl sites for hydroxylation is 1. The molecule has 1 amide bonds. The molecule has 0 fully saturated rings. The van der Waals surface area contributed by atoms with Gasteiger partial charge in [0.15, 0.2) is 0 Å². The summed E-state index contributed by atoms with van der Waals surface area (Å²) in [4.78, 5) is 30.2. The number of carbonyl (C=O) groups is 2. The Kier molecular flexibility index (Phi) is 4.71. The summed E-state index contributed by atoms with van der Waals surface area (Å²) in [6, 6.07) is 5.57. The number of esters is 1. The fraction of sp³-hybridized carbons (Fsp3) is 0.353. The van der Waals surface area contributed by atoms with E-state index in [1.54, 1.807) is 6.33 Å². The standard InChI is InChI=1S/C17H20N4O4/c1-3-20-10-18-13-8-11(4-5-14(13)20)19-15-12(17(24)25-2)9-21(6-7-22)16(15)23/h4-5,8,10,19,22H,3,6-7,9H2,1-2H3. The van der Waals surface area contributed by atoms with Crippen molar-refractivity contribution in [3.63, 3.8) is 0 Å². The number of hydrogen-bond donors (Lipinski definition) is 2. The predicted octanol–water partition coefficient (Wildman–Crippen LogP) is 0.730. The second kappa shape index (κ2) is 6.94. The molecular formula is C17H20N4O4. The van der Waals surface area contributed by atoms with Crippen molar-refractivity contribution in [2.24, 2.45) is 0 Å². The molecule has 0 unspecified atom stereocenters. The van der Waals surface area contributed by atoms with Gasteiger partial charge < -0.3 is 24.6 Å². The molecule has 0 saturated carbocycles. The zero-order valence-electron chi connectivity index (χ0n) is 14.2. The number of imidazole rings is 1. The Bertz CT molecular complexity index is 855. The summed E-state index contributed by atoms with van der Waals surface area (Å²) in [6.45, 7) is 2.95. The average Bonchev–Trinajstić information content (AvgIpc) is 3.17. The molecule has 1 aliphatic heterocycles. The van der Waals surface area contributed by atoms with E-state index in [0.717, 1.165) is 17.6 Å². The molecule has 0 radical (unpaired) electrons. The molecule has 0 saturated heterocycles. The zero-order valence-corrected chi connectivity index (χ0v) is 14.2. The first-order valence-electron chi connectivity index (χ1n) is 8.02. The highest BCUT2D eigenvalue weighted by Crippen LogP contribution is 2.24. The van der Waals surface area contributed by atoms with Crippen LogP contribution in [0, 0.1) is 0 Å². The zero-order chi connectivity index (χ0) is 18.0.